The molecule has 0 saturated carbocycles. The summed E-state index contributed by atoms with van der Waals surface area (Å²) in [6, 6.07) is 22.0. The van der Waals surface area contributed by atoms with Crippen LogP contribution in [0.1, 0.15) is 18.9 Å². The summed E-state index contributed by atoms with van der Waals surface area (Å²) in [5.41, 5.74) is 3.68. The second-order valence-corrected chi connectivity index (χ2v) is 8.59. The fourth-order valence-electron chi connectivity index (χ4n) is 4.13. The number of hydrogen-bond donors (Lipinski definition) is 1. The molecule has 1 fully saturated rings. The predicted octanol–water partition coefficient (Wildman–Crippen LogP) is 5.73. The molecule has 2 aromatic carbocycles. The van der Waals surface area contributed by atoms with Crippen LogP contribution in [0.2, 0.25) is 0 Å². The van der Waals surface area contributed by atoms with Gasteiger partial charge in [-0.15, -0.1) is 0 Å². The van der Waals surface area contributed by atoms with Gasteiger partial charge in [0.15, 0.2) is 5.65 Å². The summed E-state index contributed by atoms with van der Waals surface area (Å²) in [5, 5.41) is 2.99. The van der Waals surface area contributed by atoms with E-state index in [2.05, 4.69) is 42.9 Å². The molecule has 156 valence electrons. The lowest BCUT2D eigenvalue weighted by atomic mass is 10.0. The number of hydrogen-bond acceptors (Lipinski definition) is 3. The van der Waals surface area contributed by atoms with Gasteiger partial charge < -0.3 is 14.8 Å². The van der Waals surface area contributed by atoms with Crippen LogP contribution < -0.4 is 5.32 Å². The van der Waals surface area contributed by atoms with Crippen molar-refractivity contribution in [2.24, 2.45) is 0 Å². The average Bonchev–Trinajstić information content (AvgIpc) is 3.21. The Kier molecular flexibility index (Phi) is 5.42. The van der Waals surface area contributed by atoms with Crippen LogP contribution in [0.25, 0.3) is 22.6 Å². The van der Waals surface area contributed by atoms with Crippen LogP contribution in [0.5, 0.6) is 0 Å². The van der Waals surface area contributed by atoms with Crippen LogP contribution in [0.15, 0.2) is 77.4 Å². The zero-order valence-corrected chi connectivity index (χ0v) is 18.5. The van der Waals surface area contributed by atoms with Crippen molar-refractivity contribution in [2.75, 3.05) is 18.4 Å². The van der Waals surface area contributed by atoms with Gasteiger partial charge in [-0.1, -0.05) is 46.3 Å². The highest BCUT2D eigenvalue weighted by atomic mass is 79.9. The van der Waals surface area contributed by atoms with Crippen LogP contribution in [0.4, 0.5) is 10.5 Å². The number of rotatable bonds is 3. The van der Waals surface area contributed by atoms with E-state index >= 15 is 0 Å². The van der Waals surface area contributed by atoms with Gasteiger partial charge in [-0.3, -0.25) is 0 Å². The molecule has 1 aliphatic rings. The van der Waals surface area contributed by atoms with Gasteiger partial charge in [0.2, 0.25) is 0 Å². The number of nitrogens with zero attached hydrogens (tertiary/aromatic N) is 4. The Labute approximate surface area is 189 Å². The molecule has 2 aromatic heterocycles. The molecule has 31 heavy (non-hydrogen) atoms. The number of carbonyl (C=O) groups is 1. The molecule has 0 atom stereocenters. The van der Waals surface area contributed by atoms with Gasteiger partial charge >= 0.3 is 6.03 Å². The predicted molar refractivity (Wildman–Crippen MR) is 126 cm³/mol. The van der Waals surface area contributed by atoms with Crippen molar-refractivity contribution in [1.82, 2.24) is 19.4 Å². The van der Waals surface area contributed by atoms with Crippen LogP contribution >= 0.6 is 15.9 Å². The molecule has 0 aliphatic carbocycles. The molecule has 4 aromatic rings. The minimum atomic E-state index is -0.0577. The highest BCUT2D eigenvalue weighted by Crippen LogP contribution is 2.32. The van der Waals surface area contributed by atoms with E-state index in [1.807, 2.05) is 65.7 Å². The maximum absolute atomic E-state index is 12.7. The number of benzene rings is 2. The Morgan fingerprint density at radius 3 is 2.45 bits per heavy atom. The summed E-state index contributed by atoms with van der Waals surface area (Å²) >= 11 is 3.42. The van der Waals surface area contributed by atoms with Gasteiger partial charge in [-0.2, -0.15) is 0 Å². The highest BCUT2D eigenvalue weighted by molar-refractivity contribution is 9.10. The Morgan fingerprint density at radius 2 is 1.71 bits per heavy atom. The third-order valence-corrected chi connectivity index (χ3v) is 6.22. The zero-order chi connectivity index (χ0) is 21.2. The summed E-state index contributed by atoms with van der Waals surface area (Å²) in [7, 11) is 0. The second-order valence-electron chi connectivity index (χ2n) is 7.67. The lowest BCUT2D eigenvalue weighted by Gasteiger charge is -2.33. The molecule has 7 heteroatoms. The first kappa shape index (κ1) is 19.8. The zero-order valence-electron chi connectivity index (χ0n) is 16.9. The minimum absolute atomic E-state index is 0.0577. The van der Waals surface area contributed by atoms with E-state index in [-0.39, 0.29) is 12.1 Å². The smallest absolute Gasteiger partial charge is 0.321 e. The number of carbonyl (C=O) groups excluding carboxylic acids is 1. The van der Waals surface area contributed by atoms with E-state index in [0.717, 1.165) is 45.6 Å². The van der Waals surface area contributed by atoms with Crippen molar-refractivity contribution >= 4 is 38.8 Å². The number of amides is 2. The van der Waals surface area contributed by atoms with Gasteiger partial charge in [-0.05, 0) is 49.2 Å². The van der Waals surface area contributed by atoms with Gasteiger partial charge in [0, 0.05) is 41.1 Å². The summed E-state index contributed by atoms with van der Waals surface area (Å²) < 4.78 is 3.25. The molecule has 1 aliphatic heterocycles. The first-order valence-corrected chi connectivity index (χ1v) is 11.2. The van der Waals surface area contributed by atoms with Crippen molar-refractivity contribution < 1.29 is 4.79 Å². The largest absolute Gasteiger partial charge is 0.324 e. The third kappa shape index (κ3) is 4.05. The van der Waals surface area contributed by atoms with Gasteiger partial charge in [-0.25, -0.2) is 14.8 Å². The fourth-order valence-corrected chi connectivity index (χ4v) is 4.39. The van der Waals surface area contributed by atoms with Gasteiger partial charge in [0.1, 0.15) is 11.3 Å². The van der Waals surface area contributed by atoms with Crippen molar-refractivity contribution in [3.63, 3.8) is 0 Å². The van der Waals surface area contributed by atoms with E-state index < -0.39 is 0 Å². The number of piperidine rings is 1. The minimum Gasteiger partial charge on any atom is -0.324 e. The molecule has 3 heterocycles. The quantitative estimate of drug-likeness (QED) is 0.411. The Hall–Kier alpha value is -3.19. The molecule has 6 nitrogen and oxygen atoms in total. The maximum Gasteiger partial charge on any atom is 0.321 e. The molecule has 2 amide bonds. The molecule has 0 bridgehead atoms. The van der Waals surface area contributed by atoms with Crippen molar-refractivity contribution in [1.29, 1.82) is 0 Å². The number of aromatic nitrogens is 3. The molecule has 0 spiro atoms. The fraction of sp³-hybridized carbons (Fsp3) is 0.208. The molecule has 0 unspecified atom stereocenters. The SMILES string of the molecule is O=C(Nc1ccc(Br)cc1)N1CCC(n2c(-c3ccccc3)nc3cccnc32)CC1. The van der Waals surface area contributed by atoms with Gasteiger partial charge in [0.25, 0.3) is 0 Å². The summed E-state index contributed by atoms with van der Waals surface area (Å²) in [4.78, 5) is 24.1. The first-order valence-electron chi connectivity index (χ1n) is 10.4. The number of pyridine rings is 1. The monoisotopic (exact) mass is 475 g/mol. The van der Waals surface area contributed by atoms with Crippen molar-refractivity contribution in [3.05, 3.63) is 77.4 Å². The molecular weight excluding hydrogens is 454 g/mol. The Bertz CT molecular complexity index is 1200. The van der Waals surface area contributed by atoms with Gasteiger partial charge in [0.05, 0.1) is 0 Å². The van der Waals surface area contributed by atoms with Crippen molar-refractivity contribution in [2.45, 2.75) is 18.9 Å². The number of urea groups is 1. The maximum atomic E-state index is 12.7. The number of imidazole rings is 1. The average molecular weight is 476 g/mol. The number of halogens is 1. The number of nitrogens with one attached hydrogen (secondary N) is 1. The first-order chi connectivity index (χ1) is 15.2. The van der Waals surface area contributed by atoms with Crippen LogP contribution in [-0.2, 0) is 0 Å². The van der Waals surface area contributed by atoms with Crippen molar-refractivity contribution in [3.8, 4) is 11.4 Å². The topological polar surface area (TPSA) is 63.1 Å². The second kappa shape index (κ2) is 8.51. The number of fused-ring (bicyclic) bond motifs is 1. The molecule has 1 saturated heterocycles. The number of anilines is 1. The molecule has 5 rings (SSSR count). The van der Waals surface area contributed by atoms with Crippen LogP contribution in [0, 0.1) is 0 Å². The van der Waals surface area contributed by atoms with E-state index in [1.165, 1.54) is 0 Å². The van der Waals surface area contributed by atoms with Crippen LogP contribution in [-0.4, -0.2) is 38.6 Å². The molecule has 1 N–H and O–H groups in total. The Balaban J connectivity index is 1.36. The molecular formula is C24H22BrN5O. The standard InChI is InChI=1S/C24H22BrN5O/c25-18-8-10-19(11-9-18)27-24(31)29-15-12-20(13-16-29)30-22(17-5-2-1-3-6-17)28-21-7-4-14-26-23(21)30/h1-11,14,20H,12-13,15-16H2,(H,27,31). The van der Waals surface area contributed by atoms with E-state index in [0.29, 0.717) is 13.1 Å². The lowest BCUT2D eigenvalue weighted by molar-refractivity contribution is 0.185. The van der Waals surface area contributed by atoms with Crippen LogP contribution in [0.3, 0.4) is 0 Å². The summed E-state index contributed by atoms with van der Waals surface area (Å²) in [6.07, 6.45) is 3.53. The van der Waals surface area contributed by atoms with E-state index in [1.54, 1.807) is 0 Å². The Morgan fingerprint density at radius 1 is 0.968 bits per heavy atom. The highest BCUT2D eigenvalue weighted by Gasteiger charge is 2.27. The molecule has 0 radical (unpaired) electrons. The van der Waals surface area contributed by atoms with E-state index in [4.69, 9.17) is 4.98 Å². The third-order valence-electron chi connectivity index (χ3n) is 5.69. The summed E-state index contributed by atoms with van der Waals surface area (Å²) in [6.45, 7) is 1.38. The van der Waals surface area contributed by atoms with E-state index in [9.17, 15) is 4.79 Å². The summed E-state index contributed by atoms with van der Waals surface area (Å²) in [5.74, 6) is 0.937. The lowest BCUT2D eigenvalue weighted by Crippen LogP contribution is -2.41. The normalized spacial score (nSPS) is 14.7. The number of likely N-dealkylation sites (tertiary alicyclic amines) is 1.